The first-order valence-corrected chi connectivity index (χ1v) is 22.3. The van der Waals surface area contributed by atoms with Crippen molar-refractivity contribution in [3.8, 4) is 22.3 Å². The molecular weight excluding hydrogens is 863 g/mol. The molecule has 1 aliphatic rings. The summed E-state index contributed by atoms with van der Waals surface area (Å²) in [5.41, 5.74) is 7.44. The van der Waals surface area contributed by atoms with E-state index < -0.39 is 23.8 Å². The first-order valence-electron chi connectivity index (χ1n) is 22.3. The van der Waals surface area contributed by atoms with E-state index in [1.54, 1.807) is 12.2 Å². The van der Waals surface area contributed by atoms with Crippen LogP contribution in [0.2, 0.25) is 0 Å². The minimum absolute atomic E-state index is 0.188. The van der Waals surface area contributed by atoms with E-state index in [9.17, 15) is 26.3 Å². The molecule has 68 heavy (non-hydrogen) atoms. The average molecular weight is 903 g/mol. The predicted molar refractivity (Wildman–Crippen MR) is 267 cm³/mol. The number of alkyl halides is 6. The molecule has 0 aliphatic heterocycles. The van der Waals surface area contributed by atoms with Crippen molar-refractivity contribution in [2.75, 3.05) is 9.80 Å². The summed E-state index contributed by atoms with van der Waals surface area (Å²) in [5, 5.41) is 7.60. The molecule has 0 spiro atoms. The van der Waals surface area contributed by atoms with Crippen LogP contribution in [0.5, 0.6) is 0 Å². The van der Waals surface area contributed by atoms with E-state index in [-0.39, 0.29) is 6.42 Å². The first kappa shape index (κ1) is 42.5. The van der Waals surface area contributed by atoms with Crippen LogP contribution in [0.25, 0.3) is 65.3 Å². The Morgan fingerprint density at radius 3 is 1.34 bits per heavy atom. The minimum atomic E-state index is -4.50. The molecule has 332 valence electrons. The highest BCUT2D eigenvalue weighted by atomic mass is 19.4. The van der Waals surface area contributed by atoms with E-state index in [0.717, 1.165) is 100 Å². The minimum Gasteiger partial charge on any atom is -0.310 e. The summed E-state index contributed by atoms with van der Waals surface area (Å²) in [5.74, 6) is -1.58. The van der Waals surface area contributed by atoms with Gasteiger partial charge in [0.05, 0.1) is 22.9 Å². The smallest absolute Gasteiger partial charge is 0.310 e. The topological polar surface area (TPSA) is 6.48 Å². The highest BCUT2D eigenvalue weighted by Gasteiger charge is 2.38. The Kier molecular flexibility index (Phi) is 10.6. The number of halogens is 6. The molecule has 0 fully saturated rings. The summed E-state index contributed by atoms with van der Waals surface area (Å²) in [6, 6.07) is 66.0. The molecule has 1 atom stereocenters. The largest absolute Gasteiger partial charge is 0.416 e. The maximum absolute atomic E-state index is 14.0. The van der Waals surface area contributed by atoms with Crippen molar-refractivity contribution in [2.45, 2.75) is 18.8 Å². The summed E-state index contributed by atoms with van der Waals surface area (Å²) in [6.07, 6.45) is -4.53. The molecule has 0 aromatic heterocycles. The predicted octanol–water partition coefficient (Wildman–Crippen LogP) is 18.3. The van der Waals surface area contributed by atoms with Gasteiger partial charge in [0.25, 0.3) is 0 Å². The summed E-state index contributed by atoms with van der Waals surface area (Å²) < 4.78 is 84.0. The van der Waals surface area contributed by atoms with Gasteiger partial charge in [0.1, 0.15) is 0 Å². The van der Waals surface area contributed by atoms with Gasteiger partial charge < -0.3 is 9.80 Å². The zero-order valence-corrected chi connectivity index (χ0v) is 36.3. The zero-order chi connectivity index (χ0) is 46.6. The number of hydrogen-bond donors (Lipinski definition) is 0. The van der Waals surface area contributed by atoms with Gasteiger partial charge in [-0.15, -0.1) is 0 Å². The number of hydrogen-bond acceptors (Lipinski definition) is 2. The zero-order valence-electron chi connectivity index (χ0n) is 36.3. The summed E-state index contributed by atoms with van der Waals surface area (Å²) in [4.78, 5) is 4.07. The summed E-state index contributed by atoms with van der Waals surface area (Å²) in [7, 11) is 0. The Morgan fingerprint density at radius 1 is 0.397 bits per heavy atom. The molecule has 0 radical (unpaired) electrons. The van der Waals surface area contributed by atoms with Crippen LogP contribution in [0.3, 0.4) is 0 Å². The highest BCUT2D eigenvalue weighted by molar-refractivity contribution is 6.23. The van der Waals surface area contributed by atoms with E-state index >= 15 is 0 Å². The molecule has 10 aromatic carbocycles. The summed E-state index contributed by atoms with van der Waals surface area (Å²) >= 11 is 0. The molecule has 0 bridgehead atoms. The van der Waals surface area contributed by atoms with Crippen LogP contribution in [-0.4, -0.2) is 6.18 Å². The third-order valence-corrected chi connectivity index (χ3v) is 13.0. The van der Waals surface area contributed by atoms with Crippen molar-refractivity contribution in [2.24, 2.45) is 5.92 Å². The molecule has 1 aliphatic carbocycles. The fraction of sp³-hybridized carbons (Fsp3) is 0.0667. The first-order chi connectivity index (χ1) is 33.0. The molecule has 1 unspecified atom stereocenters. The third-order valence-electron chi connectivity index (χ3n) is 13.0. The highest BCUT2D eigenvalue weighted by Crippen LogP contribution is 2.49. The van der Waals surface area contributed by atoms with Gasteiger partial charge in [0, 0.05) is 33.5 Å². The normalized spacial score (nSPS) is 14.1. The van der Waals surface area contributed by atoms with Gasteiger partial charge in [0.15, 0.2) is 0 Å². The Hall–Kier alpha value is -8.10. The van der Waals surface area contributed by atoms with Crippen molar-refractivity contribution in [3.05, 3.63) is 236 Å². The lowest BCUT2D eigenvalue weighted by atomic mass is 9.85. The molecular formula is C60H40F6N2. The van der Waals surface area contributed by atoms with E-state index in [4.69, 9.17) is 0 Å². The van der Waals surface area contributed by atoms with Gasteiger partial charge in [-0.25, -0.2) is 0 Å². The lowest BCUT2D eigenvalue weighted by Gasteiger charge is -2.31. The molecule has 8 heteroatoms. The number of allylic oxidation sites excluding steroid dienone is 3. The number of anilines is 5. The van der Waals surface area contributed by atoms with Gasteiger partial charge in [-0.2, -0.15) is 26.3 Å². The Bertz CT molecular complexity index is 3570. The molecule has 10 aromatic rings. The molecule has 0 heterocycles. The lowest BCUT2D eigenvalue weighted by Crippen LogP contribution is -2.24. The number of nitrogens with zero attached hydrogens (tertiary/aromatic N) is 2. The Morgan fingerprint density at radius 2 is 0.853 bits per heavy atom. The fourth-order valence-corrected chi connectivity index (χ4v) is 9.79. The van der Waals surface area contributed by atoms with Crippen LogP contribution in [0.1, 0.15) is 12.0 Å². The van der Waals surface area contributed by atoms with Crippen molar-refractivity contribution in [3.63, 3.8) is 0 Å². The van der Waals surface area contributed by atoms with Crippen LogP contribution in [0.15, 0.2) is 230 Å². The SMILES string of the molecule is FC(F)(F)c1ccc(N(c2ccc3c(-c4ccccc4)c4cc(N(C5=CCC(C(F)(F)F)C=C5)c5cccc6ccccc56)ccc4c(-c4ccccc4)c3c2)c2cccc3ccccc23)cc1. The second-order valence-corrected chi connectivity index (χ2v) is 17.0. The molecule has 11 rings (SSSR count). The molecule has 2 nitrogen and oxygen atoms in total. The van der Waals surface area contributed by atoms with Crippen molar-refractivity contribution < 1.29 is 26.3 Å². The average Bonchev–Trinajstić information content (AvgIpc) is 3.36. The van der Waals surface area contributed by atoms with Gasteiger partial charge in [-0.1, -0.05) is 158 Å². The van der Waals surface area contributed by atoms with Gasteiger partial charge in [-0.3, -0.25) is 0 Å². The number of benzene rings is 10. The molecule has 0 saturated heterocycles. The van der Waals surface area contributed by atoms with Crippen LogP contribution >= 0.6 is 0 Å². The van der Waals surface area contributed by atoms with Gasteiger partial charge >= 0.3 is 12.4 Å². The number of fused-ring (bicyclic) bond motifs is 4. The van der Waals surface area contributed by atoms with Crippen molar-refractivity contribution in [1.29, 1.82) is 0 Å². The van der Waals surface area contributed by atoms with E-state index in [1.165, 1.54) is 18.2 Å². The Balaban J connectivity index is 1.20. The van der Waals surface area contributed by atoms with Crippen LogP contribution in [-0.2, 0) is 6.18 Å². The van der Waals surface area contributed by atoms with E-state index in [2.05, 4.69) is 53.4 Å². The summed E-state index contributed by atoms with van der Waals surface area (Å²) in [6.45, 7) is 0. The van der Waals surface area contributed by atoms with Crippen molar-refractivity contribution >= 4 is 71.5 Å². The molecule has 0 amide bonds. The monoisotopic (exact) mass is 902 g/mol. The molecule has 0 saturated carbocycles. The maximum atomic E-state index is 14.0. The quantitative estimate of drug-likeness (QED) is 0.111. The maximum Gasteiger partial charge on any atom is 0.416 e. The van der Waals surface area contributed by atoms with Gasteiger partial charge in [0.2, 0.25) is 0 Å². The molecule has 0 N–H and O–H groups in total. The fourth-order valence-electron chi connectivity index (χ4n) is 9.79. The van der Waals surface area contributed by atoms with Crippen LogP contribution in [0.4, 0.5) is 54.8 Å². The van der Waals surface area contributed by atoms with Crippen LogP contribution in [0, 0.1) is 5.92 Å². The lowest BCUT2D eigenvalue weighted by molar-refractivity contribution is -0.160. The Labute approximate surface area is 388 Å². The second-order valence-electron chi connectivity index (χ2n) is 17.0. The van der Waals surface area contributed by atoms with Gasteiger partial charge in [-0.05, 0) is 128 Å². The van der Waals surface area contributed by atoms with Crippen LogP contribution < -0.4 is 9.80 Å². The third kappa shape index (κ3) is 7.71. The van der Waals surface area contributed by atoms with Crippen molar-refractivity contribution in [1.82, 2.24) is 0 Å². The second kappa shape index (κ2) is 17.0. The standard InChI is InChI=1S/C60H40F6N2/c61-59(62,63)43-25-29-45(30-26-43)67(55-23-11-19-39-13-7-9-21-49(39)55)47-34-36-52-53(37-47)57(41-15-3-1-4-16-41)51-35-33-48(38-54(51)58(52)42-17-5-2-6-18-42)68(46-31-27-44(28-32-46)60(64,65)66)56-24-12-20-40-14-8-10-22-50(40)56/h1-27,29-38,44H,28H2. The van der Waals surface area contributed by atoms with E-state index in [0.29, 0.717) is 11.4 Å². The van der Waals surface area contributed by atoms with E-state index in [1.807, 2.05) is 138 Å². The number of rotatable bonds is 8.